The molecule has 4 rings (SSSR count). The smallest absolute Gasteiger partial charge is 0.303 e. The van der Waals surface area contributed by atoms with Crippen molar-refractivity contribution in [3.63, 3.8) is 0 Å². The molecule has 0 radical (unpaired) electrons. The van der Waals surface area contributed by atoms with Gasteiger partial charge in [-0.25, -0.2) is 4.98 Å². The van der Waals surface area contributed by atoms with Crippen molar-refractivity contribution in [2.24, 2.45) is 17.8 Å². The highest BCUT2D eigenvalue weighted by atomic mass is 35.5. The van der Waals surface area contributed by atoms with E-state index in [9.17, 15) is 4.79 Å². The highest BCUT2D eigenvalue weighted by Gasteiger charge is 2.24. The summed E-state index contributed by atoms with van der Waals surface area (Å²) in [7, 11) is 0. The molecule has 1 aliphatic carbocycles. The number of hydrogen-bond acceptors (Lipinski definition) is 4. The van der Waals surface area contributed by atoms with Gasteiger partial charge in [-0.15, -0.1) is 0 Å². The van der Waals surface area contributed by atoms with E-state index >= 15 is 0 Å². The summed E-state index contributed by atoms with van der Waals surface area (Å²) in [5.41, 5.74) is 5.48. The minimum absolute atomic E-state index is 0.118. The van der Waals surface area contributed by atoms with Crippen LogP contribution in [0.25, 0.3) is 11.1 Å². The van der Waals surface area contributed by atoms with Gasteiger partial charge in [-0.05, 0) is 85.8 Å². The molecule has 0 saturated heterocycles. The fraction of sp³-hybridized carbons (Fsp3) is 0.533. The van der Waals surface area contributed by atoms with Gasteiger partial charge in [0.1, 0.15) is 17.9 Å². The van der Waals surface area contributed by atoms with Crippen molar-refractivity contribution >= 4 is 28.7 Å². The molecule has 2 aromatic carbocycles. The molecular weight excluding hydrogens is 474 g/mol. The Kier molecular flexibility index (Phi) is 8.61. The Bertz CT molecular complexity index is 1220. The number of oxazole rings is 1. The fourth-order valence-electron chi connectivity index (χ4n) is 5.53. The fourth-order valence-corrected chi connectivity index (χ4v) is 5.77. The summed E-state index contributed by atoms with van der Waals surface area (Å²) >= 11 is 6.41. The Labute approximate surface area is 219 Å². The van der Waals surface area contributed by atoms with Crippen molar-refractivity contribution < 1.29 is 19.1 Å². The van der Waals surface area contributed by atoms with E-state index in [1.54, 1.807) is 0 Å². The van der Waals surface area contributed by atoms with Crippen LogP contribution in [0.2, 0.25) is 5.02 Å². The van der Waals surface area contributed by atoms with Gasteiger partial charge in [0, 0.05) is 23.4 Å². The van der Waals surface area contributed by atoms with E-state index in [4.69, 9.17) is 30.8 Å². The number of carboxylic acid groups (broad SMARTS) is 1. The first-order chi connectivity index (χ1) is 17.2. The summed E-state index contributed by atoms with van der Waals surface area (Å²) in [6.45, 7) is 9.01. The molecule has 1 saturated carbocycles. The molecule has 0 amide bonds. The Morgan fingerprint density at radius 1 is 1.22 bits per heavy atom. The number of rotatable bonds is 11. The van der Waals surface area contributed by atoms with Gasteiger partial charge >= 0.3 is 5.97 Å². The average molecular weight is 512 g/mol. The molecule has 0 bridgehead atoms. The zero-order chi connectivity index (χ0) is 25.8. The number of nitrogens with zero attached hydrogens (tertiary/aromatic N) is 1. The van der Waals surface area contributed by atoms with Crippen molar-refractivity contribution in [1.29, 1.82) is 0 Å². The van der Waals surface area contributed by atoms with Crippen LogP contribution in [0.5, 0.6) is 5.75 Å². The Morgan fingerprint density at radius 2 is 2.03 bits per heavy atom. The van der Waals surface area contributed by atoms with Crippen LogP contribution in [0, 0.1) is 31.6 Å². The Hall–Kier alpha value is -2.53. The van der Waals surface area contributed by atoms with Crippen LogP contribution >= 0.6 is 11.6 Å². The number of aryl methyl sites for hydroxylation is 1. The first-order valence-electron chi connectivity index (χ1n) is 13.2. The van der Waals surface area contributed by atoms with Gasteiger partial charge in [0.05, 0.1) is 0 Å². The quantitative estimate of drug-likeness (QED) is 0.281. The molecule has 36 heavy (non-hydrogen) atoms. The van der Waals surface area contributed by atoms with Gasteiger partial charge < -0.3 is 14.3 Å². The number of hydrogen-bond donors (Lipinski definition) is 1. The second kappa shape index (κ2) is 11.7. The summed E-state index contributed by atoms with van der Waals surface area (Å²) in [6, 6.07) is 7.60. The van der Waals surface area contributed by atoms with Crippen molar-refractivity contribution in [2.45, 2.75) is 85.7 Å². The molecule has 5 nitrogen and oxygen atoms in total. The third-order valence-corrected chi connectivity index (χ3v) is 8.23. The van der Waals surface area contributed by atoms with Crippen molar-refractivity contribution in [1.82, 2.24) is 4.98 Å². The summed E-state index contributed by atoms with van der Waals surface area (Å²) in [6.07, 6.45) is 8.08. The van der Waals surface area contributed by atoms with Crippen LogP contribution in [0.3, 0.4) is 0 Å². The van der Waals surface area contributed by atoms with Crippen LogP contribution in [0.1, 0.15) is 80.5 Å². The van der Waals surface area contributed by atoms with E-state index in [0.717, 1.165) is 63.3 Å². The minimum Gasteiger partial charge on any atom is -0.488 e. The van der Waals surface area contributed by atoms with Crippen LogP contribution in [-0.2, 0) is 24.2 Å². The van der Waals surface area contributed by atoms with Gasteiger partial charge in [0.25, 0.3) is 0 Å². The SMILES string of the molecule is Cc1c(CCC(=O)O)ccc(OCc2cc(Cl)cc3nc(CC(C)CCC4CCCC4C)oc23)c1C. The number of carbonyl (C=O) groups is 1. The van der Waals surface area contributed by atoms with Crippen molar-refractivity contribution in [3.05, 3.63) is 57.4 Å². The maximum atomic E-state index is 10.9. The zero-order valence-electron chi connectivity index (χ0n) is 21.9. The predicted molar refractivity (Wildman–Crippen MR) is 144 cm³/mol. The maximum Gasteiger partial charge on any atom is 0.303 e. The molecule has 0 spiro atoms. The molecule has 1 N–H and O–H groups in total. The Balaban J connectivity index is 1.43. The standard InChI is InChI=1S/C30H38ClNO4/c1-18(8-9-22-7-5-6-19(22)2)14-28-32-26-16-25(31)15-24(30(26)36-28)17-35-27-12-10-23(11-13-29(33)34)20(3)21(27)4/h10,12,15-16,18-19,22H,5-9,11,13-14,17H2,1-4H3,(H,33,34). The molecule has 194 valence electrons. The zero-order valence-corrected chi connectivity index (χ0v) is 22.7. The highest BCUT2D eigenvalue weighted by molar-refractivity contribution is 6.31. The van der Waals surface area contributed by atoms with Gasteiger partial charge in [-0.1, -0.05) is 50.8 Å². The largest absolute Gasteiger partial charge is 0.488 e. The third kappa shape index (κ3) is 6.42. The molecule has 1 aliphatic rings. The lowest BCUT2D eigenvalue weighted by Gasteiger charge is -2.17. The lowest BCUT2D eigenvalue weighted by atomic mass is 9.89. The number of ether oxygens (including phenoxy) is 1. The number of fused-ring (bicyclic) bond motifs is 1. The molecule has 1 fully saturated rings. The molecule has 3 atom stereocenters. The first kappa shape index (κ1) is 26.5. The Morgan fingerprint density at radius 3 is 2.75 bits per heavy atom. The molecule has 1 aromatic heterocycles. The summed E-state index contributed by atoms with van der Waals surface area (Å²) in [5, 5.41) is 9.60. The van der Waals surface area contributed by atoms with E-state index in [-0.39, 0.29) is 6.42 Å². The predicted octanol–water partition coefficient (Wildman–Crippen LogP) is 8.09. The minimum atomic E-state index is -0.790. The topological polar surface area (TPSA) is 72.6 Å². The number of carboxylic acids is 1. The van der Waals surface area contributed by atoms with Crippen LogP contribution in [0.4, 0.5) is 0 Å². The molecule has 1 heterocycles. The number of aliphatic carboxylic acids is 1. The maximum absolute atomic E-state index is 10.9. The molecule has 0 aliphatic heterocycles. The van der Waals surface area contributed by atoms with Crippen LogP contribution < -0.4 is 4.74 Å². The van der Waals surface area contributed by atoms with E-state index in [1.165, 1.54) is 32.1 Å². The first-order valence-corrected chi connectivity index (χ1v) is 13.6. The van der Waals surface area contributed by atoms with Gasteiger partial charge in [0.2, 0.25) is 0 Å². The normalized spacial score (nSPS) is 18.6. The second-order valence-corrected chi connectivity index (χ2v) is 11.2. The van der Waals surface area contributed by atoms with E-state index in [2.05, 4.69) is 13.8 Å². The summed E-state index contributed by atoms with van der Waals surface area (Å²) < 4.78 is 12.4. The summed E-state index contributed by atoms with van der Waals surface area (Å²) in [4.78, 5) is 15.7. The van der Waals surface area contributed by atoms with Gasteiger partial charge in [-0.2, -0.15) is 0 Å². The number of aromatic nitrogens is 1. The molecular formula is C30H38ClNO4. The third-order valence-electron chi connectivity index (χ3n) is 8.01. The van der Waals surface area contributed by atoms with Gasteiger partial charge in [0.15, 0.2) is 11.5 Å². The lowest BCUT2D eigenvalue weighted by molar-refractivity contribution is -0.136. The monoisotopic (exact) mass is 511 g/mol. The van der Waals surface area contributed by atoms with Gasteiger partial charge in [-0.3, -0.25) is 4.79 Å². The number of halogens is 1. The van der Waals surface area contributed by atoms with Crippen molar-refractivity contribution in [3.8, 4) is 5.75 Å². The van der Waals surface area contributed by atoms with Crippen LogP contribution in [0.15, 0.2) is 28.7 Å². The second-order valence-electron chi connectivity index (χ2n) is 10.7. The summed E-state index contributed by atoms with van der Waals surface area (Å²) in [5.74, 6) is 2.99. The van der Waals surface area contributed by atoms with E-state index in [1.807, 2.05) is 38.1 Å². The number of benzene rings is 2. The van der Waals surface area contributed by atoms with E-state index < -0.39 is 5.97 Å². The average Bonchev–Trinajstić information content (AvgIpc) is 3.42. The van der Waals surface area contributed by atoms with E-state index in [0.29, 0.717) is 24.0 Å². The lowest BCUT2D eigenvalue weighted by Crippen LogP contribution is -2.08. The molecule has 3 aromatic rings. The molecule has 6 heteroatoms. The van der Waals surface area contributed by atoms with Crippen LogP contribution in [-0.4, -0.2) is 16.1 Å². The highest BCUT2D eigenvalue weighted by Crippen LogP contribution is 2.36. The van der Waals surface area contributed by atoms with Crippen molar-refractivity contribution in [2.75, 3.05) is 0 Å². The molecule has 3 unspecified atom stereocenters.